The van der Waals surface area contributed by atoms with Gasteiger partial charge in [-0.15, -0.1) is 0 Å². The van der Waals surface area contributed by atoms with Crippen molar-refractivity contribution < 1.29 is 14.4 Å². The smallest absolute Gasteiger partial charge is 0.240 e. The van der Waals surface area contributed by atoms with E-state index >= 15 is 0 Å². The lowest BCUT2D eigenvalue weighted by atomic mass is 9.75. The van der Waals surface area contributed by atoms with Gasteiger partial charge in [-0.2, -0.15) is 0 Å². The molecule has 36 heavy (non-hydrogen) atoms. The highest BCUT2D eigenvalue weighted by Crippen LogP contribution is 2.41. The minimum atomic E-state index is -1.16. The van der Waals surface area contributed by atoms with Crippen molar-refractivity contribution in [2.75, 3.05) is 19.6 Å². The highest BCUT2D eigenvalue weighted by Gasteiger charge is 2.54. The predicted molar refractivity (Wildman–Crippen MR) is 137 cm³/mol. The first-order valence-electron chi connectivity index (χ1n) is 12.7. The number of rotatable bonds is 7. The number of carbonyl (C=O) groups excluding carboxylic acids is 3. The van der Waals surface area contributed by atoms with E-state index in [1.165, 1.54) is 10.5 Å². The molecular formula is C30H31N3O3. The first-order valence-corrected chi connectivity index (χ1v) is 12.7. The second-order valence-electron chi connectivity index (χ2n) is 9.79. The second-order valence-corrected chi connectivity index (χ2v) is 9.79. The molecule has 0 radical (unpaired) electrons. The van der Waals surface area contributed by atoms with Crippen LogP contribution in [-0.2, 0) is 26.2 Å². The molecule has 0 bridgehead atoms. The van der Waals surface area contributed by atoms with Crippen LogP contribution in [0.15, 0.2) is 85.1 Å². The Labute approximate surface area is 212 Å². The van der Waals surface area contributed by atoms with E-state index in [0.29, 0.717) is 25.4 Å². The molecule has 3 amide bonds. The zero-order chi connectivity index (χ0) is 25.0. The van der Waals surface area contributed by atoms with Crippen LogP contribution in [0.1, 0.15) is 48.4 Å². The molecule has 1 aromatic heterocycles. The van der Waals surface area contributed by atoms with Gasteiger partial charge in [-0.3, -0.25) is 24.3 Å². The molecule has 6 heteroatoms. The molecular weight excluding hydrogens is 450 g/mol. The van der Waals surface area contributed by atoms with Crippen LogP contribution in [-0.4, -0.2) is 52.1 Å². The molecule has 3 aromatic rings. The highest BCUT2D eigenvalue weighted by atomic mass is 16.2. The molecule has 0 aliphatic carbocycles. The van der Waals surface area contributed by atoms with Gasteiger partial charge < -0.3 is 4.90 Å². The molecule has 2 fully saturated rings. The molecule has 2 aliphatic heterocycles. The van der Waals surface area contributed by atoms with Gasteiger partial charge in [0.25, 0.3) is 0 Å². The van der Waals surface area contributed by atoms with Crippen LogP contribution in [0.4, 0.5) is 0 Å². The quantitative estimate of drug-likeness (QED) is 0.476. The summed E-state index contributed by atoms with van der Waals surface area (Å²) in [7, 11) is 0. The van der Waals surface area contributed by atoms with E-state index in [4.69, 9.17) is 0 Å². The topological polar surface area (TPSA) is 70.6 Å². The number of nitrogens with zero attached hydrogens (tertiary/aromatic N) is 3. The molecule has 3 heterocycles. The molecule has 0 saturated carbocycles. The van der Waals surface area contributed by atoms with E-state index in [0.717, 1.165) is 24.1 Å². The Morgan fingerprint density at radius 2 is 1.56 bits per heavy atom. The Hall–Kier alpha value is -3.80. The van der Waals surface area contributed by atoms with E-state index in [1.807, 2.05) is 59.5 Å². The van der Waals surface area contributed by atoms with Crippen molar-refractivity contribution in [1.82, 2.24) is 14.8 Å². The van der Waals surface area contributed by atoms with Crippen LogP contribution < -0.4 is 0 Å². The third kappa shape index (κ3) is 4.81. The zero-order valence-electron chi connectivity index (χ0n) is 20.4. The summed E-state index contributed by atoms with van der Waals surface area (Å²) in [4.78, 5) is 48.0. The number of hydrogen-bond donors (Lipinski definition) is 0. The van der Waals surface area contributed by atoms with Gasteiger partial charge in [0.15, 0.2) is 0 Å². The highest BCUT2D eigenvalue weighted by molar-refractivity contribution is 6.10. The maximum atomic E-state index is 13.8. The maximum absolute atomic E-state index is 13.8. The summed E-state index contributed by atoms with van der Waals surface area (Å²) in [5.74, 6) is -0.120. The molecule has 1 unspecified atom stereocenters. The normalized spacial score (nSPS) is 20.7. The Morgan fingerprint density at radius 3 is 2.22 bits per heavy atom. The van der Waals surface area contributed by atoms with Gasteiger partial charge in [0.2, 0.25) is 17.7 Å². The number of benzene rings is 2. The van der Waals surface area contributed by atoms with E-state index in [9.17, 15) is 14.4 Å². The van der Waals surface area contributed by atoms with Crippen molar-refractivity contribution >= 4 is 17.7 Å². The lowest BCUT2D eigenvalue weighted by Crippen LogP contribution is -2.45. The summed E-state index contributed by atoms with van der Waals surface area (Å²) in [6.07, 6.45) is 4.03. The maximum Gasteiger partial charge on any atom is 0.240 e. The van der Waals surface area contributed by atoms with E-state index < -0.39 is 5.41 Å². The summed E-state index contributed by atoms with van der Waals surface area (Å²) >= 11 is 0. The summed E-state index contributed by atoms with van der Waals surface area (Å²) in [5, 5.41) is 0. The average Bonchev–Trinajstić information content (AvgIpc) is 3.18. The Morgan fingerprint density at radius 1 is 0.889 bits per heavy atom. The number of pyridine rings is 1. The Balaban J connectivity index is 1.32. The number of imide groups is 1. The Kier molecular flexibility index (Phi) is 6.94. The van der Waals surface area contributed by atoms with Crippen LogP contribution in [0.5, 0.6) is 0 Å². The molecule has 184 valence electrons. The number of aromatic nitrogens is 1. The number of hydrogen-bond acceptors (Lipinski definition) is 4. The van der Waals surface area contributed by atoms with Crippen molar-refractivity contribution in [2.45, 2.75) is 43.4 Å². The van der Waals surface area contributed by atoms with Crippen LogP contribution in [0.25, 0.3) is 0 Å². The van der Waals surface area contributed by atoms with Crippen LogP contribution in [0.3, 0.4) is 0 Å². The number of piperidine rings is 1. The zero-order valence-corrected chi connectivity index (χ0v) is 20.4. The lowest BCUT2D eigenvalue weighted by Gasteiger charge is -2.35. The fraction of sp³-hybridized carbons (Fsp3) is 0.333. The van der Waals surface area contributed by atoms with Crippen molar-refractivity contribution in [3.63, 3.8) is 0 Å². The van der Waals surface area contributed by atoms with Crippen molar-refractivity contribution in [3.8, 4) is 0 Å². The molecule has 5 rings (SSSR count). The molecule has 0 N–H and O–H groups in total. The minimum Gasteiger partial charge on any atom is -0.343 e. The fourth-order valence-corrected chi connectivity index (χ4v) is 5.58. The van der Waals surface area contributed by atoms with Crippen LogP contribution in [0.2, 0.25) is 0 Å². The second kappa shape index (κ2) is 10.4. The van der Waals surface area contributed by atoms with Crippen LogP contribution in [0, 0.1) is 0 Å². The minimum absolute atomic E-state index is 0.0116. The summed E-state index contributed by atoms with van der Waals surface area (Å²) in [5.41, 5.74) is 1.71. The number of carbonyl (C=O) groups is 3. The number of likely N-dealkylation sites (tertiary alicyclic amines) is 2. The van der Waals surface area contributed by atoms with Gasteiger partial charge in [-0.25, -0.2) is 0 Å². The molecule has 1 atom stereocenters. The van der Waals surface area contributed by atoms with Crippen molar-refractivity contribution in [2.24, 2.45) is 0 Å². The van der Waals surface area contributed by atoms with Gasteiger partial charge in [0, 0.05) is 50.8 Å². The van der Waals surface area contributed by atoms with Crippen LogP contribution >= 0.6 is 0 Å². The molecule has 2 saturated heterocycles. The summed E-state index contributed by atoms with van der Waals surface area (Å²) < 4.78 is 0. The molecule has 0 spiro atoms. The van der Waals surface area contributed by atoms with E-state index in [1.54, 1.807) is 6.20 Å². The molecule has 2 aliphatic rings. The third-order valence-electron chi connectivity index (χ3n) is 7.62. The predicted octanol–water partition coefficient (Wildman–Crippen LogP) is 4.12. The van der Waals surface area contributed by atoms with Gasteiger partial charge in [-0.1, -0.05) is 66.7 Å². The molecule has 2 aromatic carbocycles. The van der Waals surface area contributed by atoms with Gasteiger partial charge in [-0.05, 0) is 42.0 Å². The van der Waals surface area contributed by atoms with E-state index in [2.05, 4.69) is 29.2 Å². The Bertz CT molecular complexity index is 1210. The van der Waals surface area contributed by atoms with Gasteiger partial charge >= 0.3 is 0 Å². The first-order chi connectivity index (χ1) is 17.6. The summed E-state index contributed by atoms with van der Waals surface area (Å²) in [6.45, 7) is 1.59. The number of amides is 3. The monoisotopic (exact) mass is 481 g/mol. The standard InChI is InChI=1S/C30H31N3O3/c34-27(32-18-14-24(15-19-32)23-9-3-1-4-10-23)21-30(25-11-5-2-6-12-25)22-28(35)33(29(30)36)20-16-26-13-7-8-17-31-26/h1-13,17,24H,14-16,18-22H2. The van der Waals surface area contributed by atoms with Crippen molar-refractivity contribution in [3.05, 3.63) is 102 Å². The summed E-state index contributed by atoms with van der Waals surface area (Å²) in [6, 6.07) is 25.4. The third-order valence-corrected chi connectivity index (χ3v) is 7.62. The van der Waals surface area contributed by atoms with Gasteiger partial charge in [0.1, 0.15) is 0 Å². The SMILES string of the molecule is O=C(CC1(c2ccccc2)CC(=O)N(CCc2ccccn2)C1=O)N1CCC(c2ccccc2)CC1. The first kappa shape index (κ1) is 23.9. The lowest BCUT2D eigenvalue weighted by molar-refractivity contribution is -0.143. The molecule has 6 nitrogen and oxygen atoms in total. The largest absolute Gasteiger partial charge is 0.343 e. The van der Waals surface area contributed by atoms with Crippen molar-refractivity contribution in [1.29, 1.82) is 0 Å². The average molecular weight is 482 g/mol. The van der Waals surface area contributed by atoms with Gasteiger partial charge in [0.05, 0.1) is 5.41 Å². The fourth-order valence-electron chi connectivity index (χ4n) is 5.58. The van der Waals surface area contributed by atoms with E-state index in [-0.39, 0.29) is 37.1 Å².